The van der Waals surface area contributed by atoms with E-state index in [9.17, 15) is 14.7 Å². The van der Waals surface area contributed by atoms with Crippen LogP contribution in [0.5, 0.6) is 0 Å². The molecule has 1 saturated heterocycles. The summed E-state index contributed by atoms with van der Waals surface area (Å²) in [5.41, 5.74) is -0.118. The number of carbonyl (C=O) groups excluding carboxylic acids is 1. The highest BCUT2D eigenvalue weighted by Gasteiger charge is 2.44. The van der Waals surface area contributed by atoms with Gasteiger partial charge in [-0.05, 0) is 31.6 Å². The molecule has 2 unspecified atom stereocenters. The van der Waals surface area contributed by atoms with Crippen molar-refractivity contribution in [3.05, 3.63) is 0 Å². The zero-order valence-corrected chi connectivity index (χ0v) is 11.4. The lowest BCUT2D eigenvalue weighted by atomic mass is 9.76. The average molecular weight is 270 g/mol. The normalized spacial score (nSPS) is 27.1. The molecular weight excluding hydrogens is 248 g/mol. The molecule has 0 aromatic carbocycles. The molecule has 0 radical (unpaired) electrons. The van der Waals surface area contributed by atoms with E-state index >= 15 is 0 Å². The Balaban J connectivity index is 2.04. The van der Waals surface area contributed by atoms with Crippen LogP contribution in [0.1, 0.15) is 44.9 Å². The number of carbonyl (C=O) groups is 2. The van der Waals surface area contributed by atoms with Gasteiger partial charge >= 0.3 is 11.9 Å². The highest BCUT2D eigenvalue weighted by Crippen LogP contribution is 2.44. The molecule has 1 saturated carbocycles. The fourth-order valence-corrected chi connectivity index (χ4v) is 3.50. The zero-order valence-electron chi connectivity index (χ0n) is 11.4. The van der Waals surface area contributed by atoms with Gasteiger partial charge in [-0.15, -0.1) is 0 Å². The van der Waals surface area contributed by atoms with Crippen molar-refractivity contribution in [2.45, 2.75) is 50.5 Å². The van der Waals surface area contributed by atoms with E-state index in [1.54, 1.807) is 0 Å². The molecule has 19 heavy (non-hydrogen) atoms. The van der Waals surface area contributed by atoms with E-state index in [4.69, 9.17) is 4.74 Å². The van der Waals surface area contributed by atoms with Crippen molar-refractivity contribution < 1.29 is 24.2 Å². The standard InChI is InChI=1S/C14H22O5/c1-18-12(15)8-11(13(16)17)10-4-7-19-14(9-10)5-2-3-6-14/h10-11H,2-9H2,1H3,(H,16,17). The number of carboxylic acid groups (broad SMARTS) is 1. The van der Waals surface area contributed by atoms with E-state index in [-0.39, 0.29) is 17.9 Å². The van der Waals surface area contributed by atoms with Crippen LogP contribution in [0.3, 0.4) is 0 Å². The summed E-state index contributed by atoms with van der Waals surface area (Å²) < 4.78 is 10.5. The third-order valence-corrected chi connectivity index (χ3v) is 4.55. The zero-order chi connectivity index (χ0) is 13.9. The Morgan fingerprint density at radius 1 is 1.42 bits per heavy atom. The molecule has 0 aromatic rings. The number of carboxylic acids is 1. The molecule has 1 aliphatic heterocycles. The molecule has 0 aromatic heterocycles. The molecule has 1 aliphatic carbocycles. The monoisotopic (exact) mass is 270 g/mol. The van der Waals surface area contributed by atoms with E-state index in [2.05, 4.69) is 4.74 Å². The summed E-state index contributed by atoms with van der Waals surface area (Å²) in [6.07, 6.45) is 5.80. The minimum Gasteiger partial charge on any atom is -0.481 e. The summed E-state index contributed by atoms with van der Waals surface area (Å²) in [5.74, 6) is -1.97. The van der Waals surface area contributed by atoms with Gasteiger partial charge in [0.05, 0.1) is 25.0 Å². The largest absolute Gasteiger partial charge is 0.481 e. The number of methoxy groups -OCH3 is 1. The molecule has 5 heteroatoms. The molecule has 1 N–H and O–H groups in total. The molecule has 0 amide bonds. The van der Waals surface area contributed by atoms with Crippen LogP contribution < -0.4 is 0 Å². The fourth-order valence-electron chi connectivity index (χ4n) is 3.50. The van der Waals surface area contributed by atoms with Gasteiger partial charge in [0.2, 0.25) is 0 Å². The molecule has 2 aliphatic rings. The van der Waals surface area contributed by atoms with Crippen molar-refractivity contribution in [1.29, 1.82) is 0 Å². The Labute approximate surface area is 113 Å². The van der Waals surface area contributed by atoms with E-state index < -0.39 is 17.9 Å². The predicted octanol–water partition coefficient (Wildman–Crippen LogP) is 1.99. The lowest BCUT2D eigenvalue weighted by Gasteiger charge is -2.40. The van der Waals surface area contributed by atoms with Crippen molar-refractivity contribution >= 4 is 11.9 Å². The molecule has 2 rings (SSSR count). The van der Waals surface area contributed by atoms with Crippen molar-refractivity contribution in [2.24, 2.45) is 11.8 Å². The van der Waals surface area contributed by atoms with Crippen LogP contribution in [-0.4, -0.2) is 36.4 Å². The maximum atomic E-state index is 11.4. The second-order valence-corrected chi connectivity index (χ2v) is 5.72. The molecule has 1 spiro atoms. The highest BCUT2D eigenvalue weighted by molar-refractivity contribution is 5.79. The topological polar surface area (TPSA) is 72.8 Å². The predicted molar refractivity (Wildman–Crippen MR) is 67.6 cm³/mol. The first kappa shape index (κ1) is 14.3. The van der Waals surface area contributed by atoms with Crippen LogP contribution >= 0.6 is 0 Å². The Morgan fingerprint density at radius 3 is 2.68 bits per heavy atom. The number of ether oxygens (including phenoxy) is 2. The van der Waals surface area contributed by atoms with Gasteiger partial charge in [-0.25, -0.2) is 0 Å². The lowest BCUT2D eigenvalue weighted by Crippen LogP contribution is -2.41. The smallest absolute Gasteiger partial charge is 0.307 e. The quantitative estimate of drug-likeness (QED) is 0.791. The maximum absolute atomic E-state index is 11.4. The van der Waals surface area contributed by atoms with E-state index in [0.29, 0.717) is 6.61 Å². The summed E-state index contributed by atoms with van der Waals surface area (Å²) in [5, 5.41) is 9.35. The van der Waals surface area contributed by atoms with Gasteiger partial charge in [-0.1, -0.05) is 12.8 Å². The Bertz CT molecular complexity index is 346. The van der Waals surface area contributed by atoms with Gasteiger partial charge in [-0.3, -0.25) is 9.59 Å². The number of esters is 1. The SMILES string of the molecule is COC(=O)CC(C(=O)O)C1CCOC2(CCCC2)C1. The van der Waals surface area contributed by atoms with Crippen LogP contribution in [-0.2, 0) is 19.1 Å². The summed E-state index contributed by atoms with van der Waals surface area (Å²) in [6, 6.07) is 0. The van der Waals surface area contributed by atoms with Crippen molar-refractivity contribution in [1.82, 2.24) is 0 Å². The first-order valence-electron chi connectivity index (χ1n) is 7.00. The van der Waals surface area contributed by atoms with Gasteiger partial charge in [-0.2, -0.15) is 0 Å². The fraction of sp³-hybridized carbons (Fsp3) is 0.857. The van der Waals surface area contributed by atoms with E-state index in [0.717, 1.165) is 38.5 Å². The van der Waals surface area contributed by atoms with Crippen molar-refractivity contribution in [3.63, 3.8) is 0 Å². The minimum absolute atomic E-state index is 0.0171. The van der Waals surface area contributed by atoms with Crippen molar-refractivity contribution in [3.8, 4) is 0 Å². The van der Waals surface area contributed by atoms with E-state index in [1.807, 2.05) is 0 Å². The lowest BCUT2D eigenvalue weighted by molar-refractivity contribution is -0.157. The van der Waals surface area contributed by atoms with Crippen LogP contribution in [0.25, 0.3) is 0 Å². The molecule has 5 nitrogen and oxygen atoms in total. The first-order chi connectivity index (χ1) is 9.06. The number of hydrogen-bond acceptors (Lipinski definition) is 4. The minimum atomic E-state index is -0.898. The van der Waals surface area contributed by atoms with Crippen LogP contribution in [0, 0.1) is 11.8 Å². The summed E-state index contributed by atoms with van der Waals surface area (Å²) in [7, 11) is 1.30. The second-order valence-electron chi connectivity index (χ2n) is 5.72. The Hall–Kier alpha value is -1.10. The molecular formula is C14H22O5. The molecule has 108 valence electrons. The molecule has 1 heterocycles. The molecule has 2 atom stereocenters. The Morgan fingerprint density at radius 2 is 2.11 bits per heavy atom. The van der Waals surface area contributed by atoms with Crippen molar-refractivity contribution in [2.75, 3.05) is 13.7 Å². The molecule has 0 bridgehead atoms. The van der Waals surface area contributed by atoms with Gasteiger partial charge in [0.15, 0.2) is 0 Å². The van der Waals surface area contributed by atoms with Crippen LogP contribution in [0.15, 0.2) is 0 Å². The summed E-state index contributed by atoms with van der Waals surface area (Å²) in [6.45, 7) is 0.607. The average Bonchev–Trinajstić information content (AvgIpc) is 2.83. The molecule has 2 fully saturated rings. The summed E-state index contributed by atoms with van der Waals surface area (Å²) in [4.78, 5) is 22.8. The number of rotatable bonds is 4. The number of aliphatic carboxylic acids is 1. The van der Waals surface area contributed by atoms with E-state index in [1.165, 1.54) is 7.11 Å². The van der Waals surface area contributed by atoms with Crippen LogP contribution in [0.4, 0.5) is 0 Å². The third kappa shape index (κ3) is 3.26. The van der Waals surface area contributed by atoms with Gasteiger partial charge < -0.3 is 14.6 Å². The third-order valence-electron chi connectivity index (χ3n) is 4.55. The van der Waals surface area contributed by atoms with Gasteiger partial charge in [0.25, 0.3) is 0 Å². The highest BCUT2D eigenvalue weighted by atomic mass is 16.5. The second kappa shape index (κ2) is 5.90. The Kier molecular flexibility index (Phi) is 4.45. The van der Waals surface area contributed by atoms with Gasteiger partial charge in [0.1, 0.15) is 0 Å². The maximum Gasteiger partial charge on any atom is 0.307 e. The summed E-state index contributed by atoms with van der Waals surface area (Å²) >= 11 is 0. The van der Waals surface area contributed by atoms with Crippen LogP contribution in [0.2, 0.25) is 0 Å². The van der Waals surface area contributed by atoms with Gasteiger partial charge in [0, 0.05) is 6.61 Å². The first-order valence-corrected chi connectivity index (χ1v) is 7.00. The number of hydrogen-bond donors (Lipinski definition) is 1.